The molecule has 13 rings (SSSR count). The van der Waals surface area contributed by atoms with Crippen molar-refractivity contribution in [3.05, 3.63) is 243 Å². The first-order valence-corrected chi connectivity index (χ1v) is 22.3. The topological polar surface area (TPSA) is 21.3 Å². The number of para-hydroxylation sites is 4. The molecule has 11 aromatic carbocycles. The van der Waals surface area contributed by atoms with Crippen LogP contribution in [0.3, 0.4) is 0 Å². The van der Waals surface area contributed by atoms with Gasteiger partial charge in [0.1, 0.15) is 11.2 Å². The Hall–Kier alpha value is -8.66. The van der Waals surface area contributed by atoms with Crippen LogP contribution in [0.25, 0.3) is 104 Å². The lowest BCUT2D eigenvalue weighted by molar-refractivity contribution is 0.670. The zero-order chi connectivity index (χ0) is 42.8. The van der Waals surface area contributed by atoms with Gasteiger partial charge < -0.3 is 13.9 Å². The molecule has 0 amide bonds. The van der Waals surface area contributed by atoms with Crippen molar-refractivity contribution in [2.75, 3.05) is 4.90 Å². The molecule has 0 bridgehead atoms. The minimum absolute atomic E-state index is 0.846. The fraction of sp³-hybridized carbons (Fsp3) is 0. The van der Waals surface area contributed by atoms with Gasteiger partial charge in [0.2, 0.25) is 0 Å². The molecule has 0 aliphatic carbocycles. The van der Waals surface area contributed by atoms with Gasteiger partial charge in [-0.25, -0.2) is 0 Å². The third-order valence-electron chi connectivity index (χ3n) is 13.2. The maximum absolute atomic E-state index is 7.08. The van der Waals surface area contributed by atoms with Crippen molar-refractivity contribution >= 4 is 82.4 Å². The Labute approximate surface area is 376 Å². The average Bonchev–Trinajstić information content (AvgIpc) is 3.94. The van der Waals surface area contributed by atoms with Gasteiger partial charge in [-0.15, -0.1) is 0 Å². The summed E-state index contributed by atoms with van der Waals surface area (Å²) in [5.74, 6) is 0. The van der Waals surface area contributed by atoms with E-state index in [9.17, 15) is 0 Å². The van der Waals surface area contributed by atoms with Crippen LogP contribution in [0.1, 0.15) is 0 Å². The lowest BCUT2D eigenvalue weighted by Crippen LogP contribution is -2.11. The molecule has 0 aliphatic rings. The van der Waals surface area contributed by atoms with Crippen LogP contribution in [0.15, 0.2) is 247 Å². The first kappa shape index (κ1) is 36.9. The molecule has 2 heterocycles. The lowest BCUT2D eigenvalue weighted by atomic mass is 9.94. The fourth-order valence-corrected chi connectivity index (χ4v) is 10.3. The van der Waals surface area contributed by atoms with Gasteiger partial charge in [-0.2, -0.15) is 0 Å². The Balaban J connectivity index is 1.06. The molecule has 3 heteroatoms. The molecular formula is C62H40N2O. The summed E-state index contributed by atoms with van der Waals surface area (Å²) in [6.45, 7) is 0. The predicted octanol–water partition coefficient (Wildman–Crippen LogP) is 17.5. The van der Waals surface area contributed by atoms with E-state index in [1.165, 1.54) is 54.5 Å². The van der Waals surface area contributed by atoms with Crippen LogP contribution >= 0.6 is 0 Å². The molecule has 304 valence electrons. The molecule has 0 radical (unpaired) electrons. The number of hydrogen-bond donors (Lipinski definition) is 0. The van der Waals surface area contributed by atoms with Crippen LogP contribution in [0.5, 0.6) is 0 Å². The van der Waals surface area contributed by atoms with E-state index in [0.717, 1.165) is 66.9 Å². The monoisotopic (exact) mass is 828 g/mol. The van der Waals surface area contributed by atoms with E-state index in [2.05, 4.69) is 252 Å². The highest BCUT2D eigenvalue weighted by atomic mass is 16.3. The summed E-state index contributed by atoms with van der Waals surface area (Å²) in [5.41, 5.74) is 15.1. The molecule has 65 heavy (non-hydrogen) atoms. The highest BCUT2D eigenvalue weighted by Gasteiger charge is 2.25. The maximum Gasteiger partial charge on any atom is 0.145 e. The number of anilines is 3. The van der Waals surface area contributed by atoms with Crippen LogP contribution in [-0.4, -0.2) is 4.57 Å². The van der Waals surface area contributed by atoms with E-state index < -0.39 is 0 Å². The highest BCUT2D eigenvalue weighted by Crippen LogP contribution is 2.48. The zero-order valence-corrected chi connectivity index (χ0v) is 35.4. The van der Waals surface area contributed by atoms with Gasteiger partial charge in [-0.05, 0) is 104 Å². The summed E-state index contributed by atoms with van der Waals surface area (Å²) < 4.78 is 9.49. The Morgan fingerprint density at radius 1 is 0.338 bits per heavy atom. The Morgan fingerprint density at radius 3 is 1.72 bits per heavy atom. The summed E-state index contributed by atoms with van der Waals surface area (Å²) in [4.78, 5) is 2.42. The summed E-state index contributed by atoms with van der Waals surface area (Å²) in [7, 11) is 0. The second-order valence-electron chi connectivity index (χ2n) is 16.8. The largest absolute Gasteiger partial charge is 0.455 e. The molecule has 0 saturated heterocycles. The molecule has 2 aromatic heterocycles. The first-order valence-electron chi connectivity index (χ1n) is 22.3. The van der Waals surface area contributed by atoms with E-state index in [1.807, 2.05) is 0 Å². The Kier molecular flexibility index (Phi) is 8.53. The van der Waals surface area contributed by atoms with Crippen molar-refractivity contribution in [2.45, 2.75) is 0 Å². The van der Waals surface area contributed by atoms with Gasteiger partial charge in [0.05, 0.1) is 27.8 Å². The standard InChI is InChI=1S/C62H40N2O/c1-2-17-41(18-3-1)43-20-14-22-45(39-43)63(46-23-15-21-44(40-46)48-29-16-30-49-47-24-5-4-19-42(47)35-36-50(48)49)59-38-37-54(62-61(59)55-28-9-13-34-60(55)65-62)53-27-8-12-33-58(53)64-56-31-10-6-25-51(56)52-26-7-11-32-57(52)64/h1-40H. The summed E-state index contributed by atoms with van der Waals surface area (Å²) in [6.07, 6.45) is 0. The second-order valence-corrected chi connectivity index (χ2v) is 16.8. The lowest BCUT2D eigenvalue weighted by Gasteiger charge is -2.28. The Morgan fingerprint density at radius 2 is 0.923 bits per heavy atom. The molecule has 0 N–H and O–H groups in total. The number of fused-ring (bicyclic) bond motifs is 9. The molecule has 0 unspecified atom stereocenters. The number of nitrogens with zero attached hydrogens (tertiary/aromatic N) is 2. The third-order valence-corrected chi connectivity index (χ3v) is 13.2. The molecule has 0 spiro atoms. The number of furan rings is 1. The highest BCUT2D eigenvalue weighted by molar-refractivity contribution is 6.18. The van der Waals surface area contributed by atoms with Crippen LogP contribution < -0.4 is 4.90 Å². The maximum atomic E-state index is 7.08. The summed E-state index contributed by atoms with van der Waals surface area (Å²) >= 11 is 0. The first-order chi connectivity index (χ1) is 32.3. The van der Waals surface area contributed by atoms with Crippen molar-refractivity contribution < 1.29 is 4.42 Å². The van der Waals surface area contributed by atoms with Crippen molar-refractivity contribution in [3.8, 4) is 39.1 Å². The molecule has 3 nitrogen and oxygen atoms in total. The number of rotatable bonds is 7. The molecule has 0 atom stereocenters. The number of hydrogen-bond acceptors (Lipinski definition) is 2. The zero-order valence-electron chi connectivity index (χ0n) is 35.4. The minimum Gasteiger partial charge on any atom is -0.455 e. The van der Waals surface area contributed by atoms with Crippen LogP contribution in [-0.2, 0) is 0 Å². The van der Waals surface area contributed by atoms with Crippen molar-refractivity contribution in [3.63, 3.8) is 0 Å². The van der Waals surface area contributed by atoms with Crippen molar-refractivity contribution in [2.24, 2.45) is 0 Å². The van der Waals surface area contributed by atoms with Gasteiger partial charge >= 0.3 is 0 Å². The SMILES string of the molecule is c1ccc(-c2cccc(N(c3cccc(-c4cccc5c4ccc4ccccc45)c3)c3ccc(-c4ccccc4-n4c5ccccc5c5ccccc54)c4oc5ccccc5c34)c2)cc1. The molecule has 13 aromatic rings. The summed E-state index contributed by atoms with van der Waals surface area (Å²) in [5, 5.41) is 9.57. The van der Waals surface area contributed by atoms with Gasteiger partial charge in [0.15, 0.2) is 0 Å². The smallest absolute Gasteiger partial charge is 0.145 e. The van der Waals surface area contributed by atoms with Crippen LogP contribution in [0.2, 0.25) is 0 Å². The molecule has 0 fully saturated rings. The Bertz CT molecular complexity index is 3920. The van der Waals surface area contributed by atoms with Crippen molar-refractivity contribution in [1.82, 2.24) is 4.57 Å². The van der Waals surface area contributed by atoms with Gasteiger partial charge in [-0.3, -0.25) is 0 Å². The number of benzene rings is 11. The normalized spacial score (nSPS) is 11.7. The van der Waals surface area contributed by atoms with E-state index in [1.54, 1.807) is 0 Å². The predicted molar refractivity (Wildman–Crippen MR) is 274 cm³/mol. The van der Waals surface area contributed by atoms with E-state index in [-0.39, 0.29) is 0 Å². The van der Waals surface area contributed by atoms with E-state index in [0.29, 0.717) is 0 Å². The quantitative estimate of drug-likeness (QED) is 0.149. The molecular weight excluding hydrogens is 789 g/mol. The van der Waals surface area contributed by atoms with Gasteiger partial charge in [-0.1, -0.05) is 182 Å². The third kappa shape index (κ3) is 5.97. The number of aromatic nitrogens is 1. The van der Waals surface area contributed by atoms with Crippen LogP contribution in [0.4, 0.5) is 17.1 Å². The molecule has 0 aliphatic heterocycles. The van der Waals surface area contributed by atoms with Crippen molar-refractivity contribution in [1.29, 1.82) is 0 Å². The van der Waals surface area contributed by atoms with Gasteiger partial charge in [0, 0.05) is 38.7 Å². The molecule has 0 saturated carbocycles. The minimum atomic E-state index is 0.846. The van der Waals surface area contributed by atoms with Gasteiger partial charge in [0.25, 0.3) is 0 Å². The fourth-order valence-electron chi connectivity index (χ4n) is 10.3. The van der Waals surface area contributed by atoms with E-state index in [4.69, 9.17) is 4.42 Å². The van der Waals surface area contributed by atoms with E-state index >= 15 is 0 Å². The second kappa shape index (κ2) is 15.0. The summed E-state index contributed by atoms with van der Waals surface area (Å²) in [6, 6.07) is 87.6. The van der Waals surface area contributed by atoms with Crippen LogP contribution in [0, 0.1) is 0 Å². The average molecular weight is 829 g/mol.